The smallest absolute Gasteiger partial charge is 0.324 e. The zero-order valence-corrected chi connectivity index (χ0v) is 13.2. The normalized spacial score (nSPS) is 11.8. The second-order valence-electron chi connectivity index (χ2n) is 5.11. The highest BCUT2D eigenvalue weighted by molar-refractivity contribution is 5.94. The summed E-state index contributed by atoms with van der Waals surface area (Å²) in [7, 11) is 0. The Labute approximate surface area is 131 Å². The van der Waals surface area contributed by atoms with Gasteiger partial charge in [-0.3, -0.25) is 14.5 Å². The molecule has 0 radical (unpaired) electrons. The zero-order valence-electron chi connectivity index (χ0n) is 13.2. The van der Waals surface area contributed by atoms with Gasteiger partial charge < -0.3 is 21.9 Å². The first-order valence-electron chi connectivity index (χ1n) is 7.70. The number of carbonyl (C=O) groups is 3. The number of aliphatic carboxylic acids is 1. The van der Waals surface area contributed by atoms with Crippen LogP contribution in [0.15, 0.2) is 0 Å². The molecule has 0 rings (SSSR count). The molecule has 0 aromatic carbocycles. The third-order valence-corrected chi connectivity index (χ3v) is 3.12. The fourth-order valence-corrected chi connectivity index (χ4v) is 1.85. The van der Waals surface area contributed by atoms with Crippen LogP contribution in [0.3, 0.4) is 0 Å². The first-order valence-corrected chi connectivity index (χ1v) is 7.70. The molecule has 0 bridgehead atoms. The molecule has 0 spiro atoms. The van der Waals surface area contributed by atoms with Crippen molar-refractivity contribution in [1.29, 1.82) is 0 Å². The van der Waals surface area contributed by atoms with Crippen LogP contribution in [0.5, 0.6) is 0 Å². The number of urea groups is 1. The first-order chi connectivity index (χ1) is 10.4. The Bertz CT molecular complexity index is 363. The summed E-state index contributed by atoms with van der Waals surface area (Å²) in [5, 5.41) is 11.3. The Morgan fingerprint density at radius 2 is 1.91 bits per heavy atom. The zero-order chi connectivity index (χ0) is 17.0. The third kappa shape index (κ3) is 8.58. The Balaban J connectivity index is 4.08. The summed E-state index contributed by atoms with van der Waals surface area (Å²) >= 11 is 0. The SMILES string of the molecule is CCCN(C(=O)CCCN)C(=O)NCCCC[C@H](N)C(=O)O. The molecule has 0 aromatic heterocycles. The predicted octanol–water partition coefficient (Wildman–Crippen LogP) is 0.256. The van der Waals surface area contributed by atoms with Crippen LogP contribution in [0.25, 0.3) is 0 Å². The topological polar surface area (TPSA) is 139 Å². The van der Waals surface area contributed by atoms with E-state index in [9.17, 15) is 14.4 Å². The Kier molecular flexibility index (Phi) is 11.0. The summed E-state index contributed by atoms with van der Waals surface area (Å²) in [6, 6.07) is -1.28. The molecule has 0 aromatic rings. The van der Waals surface area contributed by atoms with Gasteiger partial charge in [0.25, 0.3) is 0 Å². The van der Waals surface area contributed by atoms with Crippen LogP contribution in [0.2, 0.25) is 0 Å². The van der Waals surface area contributed by atoms with Crippen molar-refractivity contribution in [2.45, 2.75) is 51.5 Å². The second-order valence-corrected chi connectivity index (χ2v) is 5.11. The van der Waals surface area contributed by atoms with E-state index in [0.717, 1.165) is 0 Å². The number of nitrogens with two attached hydrogens (primary N) is 2. The van der Waals surface area contributed by atoms with Gasteiger partial charge in [0.15, 0.2) is 0 Å². The lowest BCUT2D eigenvalue weighted by molar-refractivity contribution is -0.138. The predicted molar refractivity (Wildman–Crippen MR) is 83.2 cm³/mol. The second kappa shape index (κ2) is 11.9. The average Bonchev–Trinajstić information content (AvgIpc) is 2.49. The van der Waals surface area contributed by atoms with Crippen LogP contribution >= 0.6 is 0 Å². The molecular formula is C14H28N4O4. The number of nitrogens with one attached hydrogen (secondary N) is 1. The molecule has 3 amide bonds. The first kappa shape index (κ1) is 20.3. The summed E-state index contributed by atoms with van der Waals surface area (Å²) in [6.07, 6.45) is 3.08. The maximum Gasteiger partial charge on any atom is 0.324 e. The molecule has 0 aliphatic rings. The van der Waals surface area contributed by atoms with Gasteiger partial charge in [0.1, 0.15) is 6.04 Å². The quantitative estimate of drug-likeness (QED) is 0.403. The lowest BCUT2D eigenvalue weighted by atomic mass is 10.1. The Morgan fingerprint density at radius 3 is 2.45 bits per heavy atom. The summed E-state index contributed by atoms with van der Waals surface area (Å²) in [5.74, 6) is -1.25. The number of carboxylic acids is 1. The van der Waals surface area contributed by atoms with E-state index in [-0.39, 0.29) is 12.3 Å². The minimum atomic E-state index is -1.02. The molecule has 1 atom stereocenters. The number of carbonyl (C=O) groups excluding carboxylic acids is 2. The van der Waals surface area contributed by atoms with Crippen LogP contribution in [0.1, 0.15) is 45.4 Å². The van der Waals surface area contributed by atoms with Crippen molar-refractivity contribution in [2.75, 3.05) is 19.6 Å². The largest absolute Gasteiger partial charge is 0.480 e. The molecule has 0 saturated carbocycles. The summed E-state index contributed by atoms with van der Waals surface area (Å²) in [6.45, 7) is 3.07. The van der Waals surface area contributed by atoms with Crippen molar-refractivity contribution < 1.29 is 19.5 Å². The van der Waals surface area contributed by atoms with Crippen molar-refractivity contribution in [3.63, 3.8) is 0 Å². The van der Waals surface area contributed by atoms with E-state index in [2.05, 4.69) is 5.32 Å². The van der Waals surface area contributed by atoms with Crippen molar-refractivity contribution in [1.82, 2.24) is 10.2 Å². The number of rotatable bonds is 11. The minimum absolute atomic E-state index is 0.224. The van der Waals surface area contributed by atoms with Crippen LogP contribution in [-0.4, -0.2) is 53.6 Å². The third-order valence-electron chi connectivity index (χ3n) is 3.12. The van der Waals surface area contributed by atoms with Crippen LogP contribution in [0, 0.1) is 0 Å². The fourth-order valence-electron chi connectivity index (χ4n) is 1.85. The molecule has 22 heavy (non-hydrogen) atoms. The van der Waals surface area contributed by atoms with Crippen molar-refractivity contribution in [3.8, 4) is 0 Å². The molecule has 6 N–H and O–H groups in total. The molecule has 0 aliphatic carbocycles. The number of amides is 3. The highest BCUT2D eigenvalue weighted by atomic mass is 16.4. The van der Waals surface area contributed by atoms with Gasteiger partial charge in [-0.15, -0.1) is 0 Å². The van der Waals surface area contributed by atoms with Gasteiger partial charge in [-0.25, -0.2) is 4.79 Å². The molecule has 0 fully saturated rings. The van der Waals surface area contributed by atoms with E-state index in [1.54, 1.807) is 0 Å². The van der Waals surface area contributed by atoms with Gasteiger partial charge in [-0.2, -0.15) is 0 Å². The molecule has 8 nitrogen and oxygen atoms in total. The van der Waals surface area contributed by atoms with Gasteiger partial charge in [0, 0.05) is 19.5 Å². The number of carboxylic acid groups (broad SMARTS) is 1. The summed E-state index contributed by atoms with van der Waals surface area (Å²) < 4.78 is 0. The molecule has 0 heterocycles. The fraction of sp³-hybridized carbons (Fsp3) is 0.786. The van der Waals surface area contributed by atoms with E-state index in [1.807, 2.05) is 6.92 Å². The van der Waals surface area contributed by atoms with Crippen molar-refractivity contribution in [3.05, 3.63) is 0 Å². The monoisotopic (exact) mass is 316 g/mol. The number of nitrogens with zero attached hydrogens (tertiary/aromatic N) is 1. The van der Waals surface area contributed by atoms with E-state index < -0.39 is 18.0 Å². The van der Waals surface area contributed by atoms with Gasteiger partial charge in [-0.1, -0.05) is 6.92 Å². The number of hydrogen-bond donors (Lipinski definition) is 4. The van der Waals surface area contributed by atoms with Gasteiger partial charge >= 0.3 is 12.0 Å². The van der Waals surface area contributed by atoms with E-state index >= 15 is 0 Å². The van der Waals surface area contributed by atoms with Crippen LogP contribution < -0.4 is 16.8 Å². The number of imide groups is 1. The lowest BCUT2D eigenvalue weighted by Crippen LogP contribution is -2.44. The van der Waals surface area contributed by atoms with E-state index in [4.69, 9.17) is 16.6 Å². The molecule has 0 saturated heterocycles. The molecule has 128 valence electrons. The summed E-state index contributed by atoms with van der Waals surface area (Å²) in [4.78, 5) is 35.7. The van der Waals surface area contributed by atoms with Crippen LogP contribution in [-0.2, 0) is 9.59 Å². The number of hydrogen-bond acceptors (Lipinski definition) is 5. The molecule has 8 heteroatoms. The molecular weight excluding hydrogens is 288 g/mol. The Morgan fingerprint density at radius 1 is 1.23 bits per heavy atom. The van der Waals surface area contributed by atoms with E-state index in [0.29, 0.717) is 51.7 Å². The average molecular weight is 316 g/mol. The van der Waals surface area contributed by atoms with Gasteiger partial charge in [-0.05, 0) is 38.6 Å². The van der Waals surface area contributed by atoms with Gasteiger partial charge in [0.2, 0.25) is 5.91 Å². The van der Waals surface area contributed by atoms with Gasteiger partial charge in [0.05, 0.1) is 0 Å². The highest BCUT2D eigenvalue weighted by Gasteiger charge is 2.19. The maximum atomic E-state index is 12.0. The van der Waals surface area contributed by atoms with Crippen molar-refractivity contribution in [2.24, 2.45) is 11.5 Å². The van der Waals surface area contributed by atoms with Crippen molar-refractivity contribution >= 4 is 17.9 Å². The van der Waals surface area contributed by atoms with E-state index in [1.165, 1.54) is 4.90 Å². The lowest BCUT2D eigenvalue weighted by Gasteiger charge is -2.20. The highest BCUT2D eigenvalue weighted by Crippen LogP contribution is 2.02. The molecule has 0 aliphatic heterocycles. The maximum absolute atomic E-state index is 12.0. The van der Waals surface area contributed by atoms with Crippen LogP contribution in [0.4, 0.5) is 4.79 Å². The number of unbranched alkanes of at least 4 members (excludes halogenated alkanes) is 1. The Hall–Kier alpha value is -1.67. The summed E-state index contributed by atoms with van der Waals surface area (Å²) in [5.41, 5.74) is 10.7. The standard InChI is InChI=1S/C14H28N4O4/c1-2-10-18(12(19)7-5-8-15)14(22)17-9-4-3-6-11(16)13(20)21/h11H,2-10,15-16H2,1H3,(H,17,22)(H,20,21)/t11-/m0/s1. The minimum Gasteiger partial charge on any atom is -0.480 e. The molecule has 0 unspecified atom stereocenters.